The molecule has 29 heavy (non-hydrogen) atoms. The van der Waals surface area contributed by atoms with E-state index in [1.54, 1.807) is 12.4 Å². The molecule has 3 aromatic rings. The summed E-state index contributed by atoms with van der Waals surface area (Å²) in [5.74, 6) is 0.208. The summed E-state index contributed by atoms with van der Waals surface area (Å²) in [6, 6.07) is 14.8. The Labute approximate surface area is 173 Å². The number of amides is 1. The Morgan fingerprint density at radius 3 is 2.66 bits per heavy atom. The largest absolute Gasteiger partial charge is 0.489 e. The van der Waals surface area contributed by atoms with E-state index in [1.165, 1.54) is 12.1 Å². The van der Waals surface area contributed by atoms with Crippen LogP contribution < -0.4 is 14.8 Å². The maximum atomic E-state index is 13.0. The number of hydrogen-bond donors (Lipinski definition) is 1. The molecular weight excluding hydrogens is 395 g/mol. The number of ether oxygens (including phenoxy) is 2. The molecule has 7 heteroatoms. The highest BCUT2D eigenvalue weighted by Gasteiger charge is 2.12. The van der Waals surface area contributed by atoms with Crippen molar-refractivity contribution in [3.8, 4) is 11.5 Å². The van der Waals surface area contributed by atoms with Gasteiger partial charge in [-0.3, -0.25) is 9.78 Å². The van der Waals surface area contributed by atoms with Crippen molar-refractivity contribution >= 4 is 17.5 Å². The molecule has 0 radical (unpaired) electrons. The van der Waals surface area contributed by atoms with Crippen LogP contribution in [0.2, 0.25) is 5.02 Å². The third kappa shape index (κ3) is 6.19. The number of halogens is 2. The summed E-state index contributed by atoms with van der Waals surface area (Å²) >= 11 is 5.88. The quantitative estimate of drug-likeness (QED) is 0.580. The number of hydrogen-bond acceptors (Lipinski definition) is 4. The highest BCUT2D eigenvalue weighted by molar-refractivity contribution is 6.32. The van der Waals surface area contributed by atoms with Gasteiger partial charge in [-0.2, -0.15) is 0 Å². The molecule has 1 atom stereocenters. The first-order valence-electron chi connectivity index (χ1n) is 9.00. The van der Waals surface area contributed by atoms with Crippen LogP contribution in [0.3, 0.4) is 0 Å². The molecule has 0 aliphatic heterocycles. The summed E-state index contributed by atoms with van der Waals surface area (Å²) < 4.78 is 24.1. The first-order valence-corrected chi connectivity index (χ1v) is 9.38. The Kier molecular flexibility index (Phi) is 7.03. The molecule has 5 nitrogen and oxygen atoms in total. The Bertz CT molecular complexity index is 952. The van der Waals surface area contributed by atoms with Crippen molar-refractivity contribution in [2.24, 2.45) is 0 Å². The molecule has 2 aromatic carbocycles. The van der Waals surface area contributed by atoms with Gasteiger partial charge in [0.1, 0.15) is 23.9 Å². The molecule has 1 amide bonds. The maximum absolute atomic E-state index is 13.0. The predicted molar refractivity (Wildman–Crippen MR) is 108 cm³/mol. The van der Waals surface area contributed by atoms with Gasteiger partial charge in [-0.15, -0.1) is 0 Å². The average molecular weight is 415 g/mol. The van der Waals surface area contributed by atoms with Crippen LogP contribution in [0.5, 0.6) is 11.5 Å². The Hall–Kier alpha value is -3.12. The molecule has 3 rings (SSSR count). The molecule has 1 aromatic heterocycles. The fourth-order valence-corrected chi connectivity index (χ4v) is 2.83. The second-order valence-electron chi connectivity index (χ2n) is 6.37. The minimum atomic E-state index is -0.465. The molecule has 0 saturated heterocycles. The van der Waals surface area contributed by atoms with Gasteiger partial charge in [0.25, 0.3) is 5.91 Å². The van der Waals surface area contributed by atoms with Crippen LogP contribution >= 0.6 is 11.6 Å². The van der Waals surface area contributed by atoms with Gasteiger partial charge in [-0.25, -0.2) is 4.39 Å². The lowest BCUT2D eigenvalue weighted by molar-refractivity contribution is -0.123. The molecule has 0 aliphatic rings. The zero-order valence-corrected chi connectivity index (χ0v) is 16.5. The molecule has 0 bridgehead atoms. The number of benzene rings is 2. The Morgan fingerprint density at radius 1 is 1.17 bits per heavy atom. The van der Waals surface area contributed by atoms with E-state index in [9.17, 15) is 9.18 Å². The first kappa shape index (κ1) is 20.6. The smallest absolute Gasteiger partial charge is 0.258 e. The topological polar surface area (TPSA) is 60.5 Å². The maximum Gasteiger partial charge on any atom is 0.258 e. The summed E-state index contributed by atoms with van der Waals surface area (Å²) in [5, 5.41) is 2.96. The Morgan fingerprint density at radius 2 is 1.97 bits per heavy atom. The summed E-state index contributed by atoms with van der Waals surface area (Å²) in [5.41, 5.74) is 1.91. The molecule has 0 fully saturated rings. The molecular formula is C22H20ClFN2O3. The van der Waals surface area contributed by atoms with E-state index in [0.29, 0.717) is 6.61 Å². The molecule has 1 N–H and O–H groups in total. The molecule has 0 aliphatic carbocycles. The monoisotopic (exact) mass is 414 g/mol. The van der Waals surface area contributed by atoms with E-state index in [2.05, 4.69) is 10.3 Å². The van der Waals surface area contributed by atoms with E-state index in [4.69, 9.17) is 21.1 Å². The number of carbonyl (C=O) groups excluding carboxylic acids is 1. The van der Waals surface area contributed by atoms with Crippen LogP contribution in [0.4, 0.5) is 4.39 Å². The highest BCUT2D eigenvalue weighted by atomic mass is 35.5. The molecule has 150 valence electrons. The van der Waals surface area contributed by atoms with Crippen molar-refractivity contribution in [2.45, 2.75) is 19.6 Å². The van der Waals surface area contributed by atoms with E-state index in [-0.39, 0.29) is 29.3 Å². The number of aromatic nitrogens is 1. The van der Waals surface area contributed by atoms with Gasteiger partial charge in [-0.1, -0.05) is 29.8 Å². The van der Waals surface area contributed by atoms with Crippen molar-refractivity contribution in [2.75, 3.05) is 6.61 Å². The third-order valence-electron chi connectivity index (χ3n) is 4.14. The van der Waals surface area contributed by atoms with Crippen LogP contribution in [-0.2, 0) is 11.4 Å². The van der Waals surface area contributed by atoms with Gasteiger partial charge in [-0.05, 0) is 48.9 Å². The van der Waals surface area contributed by atoms with Gasteiger partial charge in [0, 0.05) is 18.0 Å². The SMILES string of the molecule is CC(NC(=O)COc1ccc(F)cc1Cl)c1ccc(OCc2cccnc2)cc1. The van der Waals surface area contributed by atoms with Crippen molar-refractivity contribution < 1.29 is 18.7 Å². The molecule has 1 unspecified atom stereocenters. The van der Waals surface area contributed by atoms with Crippen LogP contribution in [-0.4, -0.2) is 17.5 Å². The fourth-order valence-electron chi connectivity index (χ4n) is 2.60. The summed E-state index contributed by atoms with van der Waals surface area (Å²) in [6.45, 7) is 2.08. The second-order valence-corrected chi connectivity index (χ2v) is 6.78. The lowest BCUT2D eigenvalue weighted by Gasteiger charge is -2.16. The zero-order chi connectivity index (χ0) is 20.6. The van der Waals surface area contributed by atoms with Crippen LogP contribution in [0, 0.1) is 5.82 Å². The average Bonchev–Trinajstić information content (AvgIpc) is 2.72. The normalized spacial score (nSPS) is 11.6. The summed E-state index contributed by atoms with van der Waals surface area (Å²) in [7, 11) is 0. The fraction of sp³-hybridized carbons (Fsp3) is 0.182. The van der Waals surface area contributed by atoms with E-state index >= 15 is 0 Å². The molecule has 0 saturated carbocycles. The van der Waals surface area contributed by atoms with E-state index in [1.807, 2.05) is 43.3 Å². The van der Waals surface area contributed by atoms with Crippen LogP contribution in [0.15, 0.2) is 67.0 Å². The van der Waals surface area contributed by atoms with Gasteiger partial charge < -0.3 is 14.8 Å². The summed E-state index contributed by atoms with van der Waals surface area (Å²) in [4.78, 5) is 16.2. The number of rotatable bonds is 8. The first-order chi connectivity index (χ1) is 14.0. The predicted octanol–water partition coefficient (Wildman–Crippen LogP) is 4.71. The number of pyridine rings is 1. The number of carbonyl (C=O) groups is 1. The lowest BCUT2D eigenvalue weighted by Crippen LogP contribution is -2.31. The minimum Gasteiger partial charge on any atom is -0.489 e. The van der Waals surface area contributed by atoms with Gasteiger partial charge in [0.2, 0.25) is 0 Å². The standard InChI is InChI=1S/C22H20ClFN2O3/c1-15(26-22(27)14-29-21-9-6-18(24)11-20(21)23)17-4-7-19(8-5-17)28-13-16-3-2-10-25-12-16/h2-12,15H,13-14H2,1H3,(H,26,27). The van der Waals surface area contributed by atoms with Gasteiger partial charge in [0.05, 0.1) is 11.1 Å². The van der Waals surface area contributed by atoms with Crippen LogP contribution in [0.25, 0.3) is 0 Å². The summed E-state index contributed by atoms with van der Waals surface area (Å²) in [6.07, 6.45) is 3.47. The van der Waals surface area contributed by atoms with Crippen molar-refractivity contribution in [3.63, 3.8) is 0 Å². The van der Waals surface area contributed by atoms with E-state index < -0.39 is 5.82 Å². The van der Waals surface area contributed by atoms with Gasteiger partial charge >= 0.3 is 0 Å². The number of nitrogens with zero attached hydrogens (tertiary/aromatic N) is 1. The van der Waals surface area contributed by atoms with Crippen LogP contribution in [0.1, 0.15) is 24.1 Å². The van der Waals surface area contributed by atoms with Crippen molar-refractivity contribution in [1.29, 1.82) is 0 Å². The minimum absolute atomic E-state index is 0.118. The lowest BCUT2D eigenvalue weighted by atomic mass is 10.1. The molecule has 0 spiro atoms. The highest BCUT2D eigenvalue weighted by Crippen LogP contribution is 2.25. The number of nitrogens with one attached hydrogen (secondary N) is 1. The van der Waals surface area contributed by atoms with Crippen molar-refractivity contribution in [3.05, 3.63) is 89.0 Å². The third-order valence-corrected chi connectivity index (χ3v) is 4.43. The van der Waals surface area contributed by atoms with Gasteiger partial charge in [0.15, 0.2) is 6.61 Å². The Balaban J connectivity index is 1.48. The van der Waals surface area contributed by atoms with Crippen molar-refractivity contribution in [1.82, 2.24) is 10.3 Å². The zero-order valence-electron chi connectivity index (χ0n) is 15.8. The molecule has 1 heterocycles. The van der Waals surface area contributed by atoms with E-state index in [0.717, 1.165) is 22.9 Å². The second kappa shape index (κ2) is 9.89.